The van der Waals surface area contributed by atoms with Crippen molar-refractivity contribution in [1.82, 2.24) is 19.7 Å². The molecule has 21 heavy (non-hydrogen) atoms. The minimum Gasteiger partial charge on any atom is -0.334 e. The SMILES string of the molecule is Cc1ccc(C(=O)N(C)Cc2nnc3n2CCC3)c(F)c1. The number of aryl methyl sites for hydroxylation is 2. The third kappa shape index (κ3) is 2.53. The highest BCUT2D eigenvalue weighted by atomic mass is 19.1. The van der Waals surface area contributed by atoms with Crippen molar-refractivity contribution in [2.75, 3.05) is 7.05 Å². The molecule has 1 amide bonds. The second-order valence-corrected chi connectivity index (χ2v) is 5.43. The summed E-state index contributed by atoms with van der Waals surface area (Å²) >= 11 is 0. The summed E-state index contributed by atoms with van der Waals surface area (Å²) in [5.41, 5.74) is 0.881. The van der Waals surface area contributed by atoms with Gasteiger partial charge >= 0.3 is 0 Å². The number of hydrogen-bond donors (Lipinski definition) is 0. The molecule has 1 aliphatic rings. The van der Waals surface area contributed by atoms with Crippen molar-refractivity contribution >= 4 is 5.91 Å². The fraction of sp³-hybridized carbons (Fsp3) is 0.400. The standard InChI is InChI=1S/C15H17FN4O/c1-10-5-6-11(12(16)8-10)15(21)19(2)9-14-18-17-13-4-3-7-20(13)14/h5-6,8H,3-4,7,9H2,1-2H3. The summed E-state index contributed by atoms with van der Waals surface area (Å²) in [5.74, 6) is 0.888. The molecule has 0 unspecified atom stereocenters. The summed E-state index contributed by atoms with van der Waals surface area (Å²) < 4.78 is 15.9. The van der Waals surface area contributed by atoms with Gasteiger partial charge < -0.3 is 9.47 Å². The third-order valence-corrected chi connectivity index (χ3v) is 3.77. The van der Waals surface area contributed by atoms with Crippen LogP contribution in [0, 0.1) is 12.7 Å². The number of amides is 1. The number of carbonyl (C=O) groups excluding carboxylic acids is 1. The molecule has 3 rings (SSSR count). The van der Waals surface area contributed by atoms with E-state index in [-0.39, 0.29) is 11.5 Å². The highest BCUT2D eigenvalue weighted by Crippen LogP contribution is 2.17. The van der Waals surface area contributed by atoms with Crippen LogP contribution in [0.25, 0.3) is 0 Å². The van der Waals surface area contributed by atoms with E-state index in [2.05, 4.69) is 10.2 Å². The predicted octanol–water partition coefficient (Wildman–Crippen LogP) is 1.94. The van der Waals surface area contributed by atoms with E-state index in [9.17, 15) is 9.18 Å². The number of carbonyl (C=O) groups is 1. The maximum Gasteiger partial charge on any atom is 0.256 e. The van der Waals surface area contributed by atoms with Gasteiger partial charge in [0.1, 0.15) is 11.6 Å². The summed E-state index contributed by atoms with van der Waals surface area (Å²) in [7, 11) is 1.65. The van der Waals surface area contributed by atoms with Crippen molar-refractivity contribution in [2.24, 2.45) is 0 Å². The molecule has 2 aromatic rings. The number of fused-ring (bicyclic) bond motifs is 1. The van der Waals surface area contributed by atoms with Crippen molar-refractivity contribution in [1.29, 1.82) is 0 Å². The molecule has 0 saturated heterocycles. The summed E-state index contributed by atoms with van der Waals surface area (Å²) in [6.45, 7) is 3.01. The summed E-state index contributed by atoms with van der Waals surface area (Å²) in [6.07, 6.45) is 1.99. The van der Waals surface area contributed by atoms with E-state index < -0.39 is 5.82 Å². The van der Waals surface area contributed by atoms with E-state index in [0.717, 1.165) is 36.6 Å². The zero-order chi connectivity index (χ0) is 15.0. The summed E-state index contributed by atoms with van der Waals surface area (Å²) in [5, 5.41) is 8.23. The summed E-state index contributed by atoms with van der Waals surface area (Å²) in [4.78, 5) is 13.8. The molecule has 0 atom stereocenters. The lowest BCUT2D eigenvalue weighted by Gasteiger charge is -2.17. The molecule has 2 heterocycles. The lowest BCUT2D eigenvalue weighted by atomic mass is 10.1. The number of benzene rings is 1. The molecular weight excluding hydrogens is 271 g/mol. The molecule has 0 fully saturated rings. The van der Waals surface area contributed by atoms with Gasteiger partial charge in [-0.25, -0.2) is 4.39 Å². The Labute approximate surface area is 122 Å². The van der Waals surface area contributed by atoms with E-state index in [0.29, 0.717) is 6.54 Å². The Morgan fingerprint density at radius 2 is 2.24 bits per heavy atom. The van der Waals surface area contributed by atoms with Gasteiger partial charge in [-0.15, -0.1) is 10.2 Å². The van der Waals surface area contributed by atoms with E-state index in [1.54, 1.807) is 20.0 Å². The minimum absolute atomic E-state index is 0.0873. The Morgan fingerprint density at radius 1 is 1.43 bits per heavy atom. The molecule has 0 radical (unpaired) electrons. The van der Waals surface area contributed by atoms with Crippen molar-refractivity contribution in [3.05, 3.63) is 46.8 Å². The Balaban J connectivity index is 1.78. The maximum absolute atomic E-state index is 13.9. The molecule has 0 saturated carbocycles. The Morgan fingerprint density at radius 3 is 3.00 bits per heavy atom. The van der Waals surface area contributed by atoms with Gasteiger partial charge in [-0.1, -0.05) is 6.07 Å². The number of hydrogen-bond acceptors (Lipinski definition) is 3. The average Bonchev–Trinajstić information content (AvgIpc) is 3.03. The van der Waals surface area contributed by atoms with Crippen molar-refractivity contribution < 1.29 is 9.18 Å². The van der Waals surface area contributed by atoms with Gasteiger partial charge in [0.15, 0.2) is 5.82 Å². The minimum atomic E-state index is -0.488. The molecule has 110 valence electrons. The smallest absolute Gasteiger partial charge is 0.256 e. The topological polar surface area (TPSA) is 51.0 Å². The molecular formula is C15H17FN4O. The third-order valence-electron chi connectivity index (χ3n) is 3.77. The maximum atomic E-state index is 13.9. The van der Waals surface area contributed by atoms with Crippen LogP contribution in [0.2, 0.25) is 0 Å². The van der Waals surface area contributed by atoms with Crippen LogP contribution >= 0.6 is 0 Å². The first-order valence-electron chi connectivity index (χ1n) is 6.99. The van der Waals surface area contributed by atoms with Crippen molar-refractivity contribution in [2.45, 2.75) is 32.9 Å². The van der Waals surface area contributed by atoms with Gasteiger partial charge in [-0.05, 0) is 31.0 Å². The van der Waals surface area contributed by atoms with Gasteiger partial charge in [0.2, 0.25) is 0 Å². The molecule has 0 bridgehead atoms. The molecule has 1 aromatic carbocycles. The van der Waals surface area contributed by atoms with E-state index in [1.807, 2.05) is 4.57 Å². The van der Waals surface area contributed by atoms with E-state index in [1.165, 1.54) is 17.0 Å². The largest absolute Gasteiger partial charge is 0.334 e. The molecule has 0 N–H and O–H groups in total. The van der Waals surface area contributed by atoms with Crippen LogP contribution in [0.15, 0.2) is 18.2 Å². The van der Waals surface area contributed by atoms with Gasteiger partial charge in [-0.2, -0.15) is 0 Å². The molecule has 5 nitrogen and oxygen atoms in total. The van der Waals surface area contributed by atoms with E-state index in [4.69, 9.17) is 0 Å². The Kier molecular flexibility index (Phi) is 3.45. The average molecular weight is 288 g/mol. The van der Waals surface area contributed by atoms with Crippen LogP contribution in [0.3, 0.4) is 0 Å². The second kappa shape index (κ2) is 5.27. The highest BCUT2D eigenvalue weighted by Gasteiger charge is 2.21. The van der Waals surface area contributed by atoms with Gasteiger partial charge in [-0.3, -0.25) is 4.79 Å². The molecule has 6 heteroatoms. The van der Waals surface area contributed by atoms with Crippen molar-refractivity contribution in [3.63, 3.8) is 0 Å². The van der Waals surface area contributed by atoms with Gasteiger partial charge in [0, 0.05) is 20.0 Å². The fourth-order valence-electron chi connectivity index (χ4n) is 2.61. The van der Waals surface area contributed by atoms with Crippen LogP contribution in [-0.2, 0) is 19.5 Å². The molecule has 0 spiro atoms. The van der Waals surface area contributed by atoms with Gasteiger partial charge in [0.05, 0.1) is 12.1 Å². The van der Waals surface area contributed by atoms with Crippen LogP contribution < -0.4 is 0 Å². The zero-order valence-electron chi connectivity index (χ0n) is 12.1. The quantitative estimate of drug-likeness (QED) is 0.867. The number of nitrogens with zero attached hydrogens (tertiary/aromatic N) is 4. The normalized spacial score (nSPS) is 13.3. The van der Waals surface area contributed by atoms with Crippen LogP contribution in [0.5, 0.6) is 0 Å². The number of rotatable bonds is 3. The van der Waals surface area contributed by atoms with Crippen LogP contribution in [-0.4, -0.2) is 32.6 Å². The van der Waals surface area contributed by atoms with E-state index >= 15 is 0 Å². The molecule has 1 aliphatic heterocycles. The Bertz CT molecular complexity index is 695. The second-order valence-electron chi connectivity index (χ2n) is 5.43. The first kappa shape index (κ1) is 13.7. The molecule has 1 aromatic heterocycles. The first-order valence-corrected chi connectivity index (χ1v) is 6.99. The van der Waals surface area contributed by atoms with Crippen LogP contribution in [0.4, 0.5) is 4.39 Å². The Hall–Kier alpha value is -2.24. The van der Waals surface area contributed by atoms with Crippen LogP contribution in [0.1, 0.15) is 34.0 Å². The lowest BCUT2D eigenvalue weighted by Crippen LogP contribution is -2.28. The predicted molar refractivity (Wildman–Crippen MR) is 75.3 cm³/mol. The highest BCUT2D eigenvalue weighted by molar-refractivity contribution is 5.94. The first-order chi connectivity index (χ1) is 10.1. The lowest BCUT2D eigenvalue weighted by molar-refractivity contribution is 0.0775. The van der Waals surface area contributed by atoms with Crippen molar-refractivity contribution in [3.8, 4) is 0 Å². The monoisotopic (exact) mass is 288 g/mol. The molecule has 0 aliphatic carbocycles. The summed E-state index contributed by atoms with van der Waals surface area (Å²) in [6, 6.07) is 4.63. The number of aromatic nitrogens is 3. The fourth-order valence-corrected chi connectivity index (χ4v) is 2.61. The van der Waals surface area contributed by atoms with Gasteiger partial charge in [0.25, 0.3) is 5.91 Å². The zero-order valence-corrected chi connectivity index (χ0v) is 12.1. The number of halogens is 1.